The number of amides is 3. The standard InChI is InChI=1S/C30H33ClN6O6S/c1-43-22-13-11-21(12-14-22)36-37-27(39)19-7-5-18(6-8-19)26(38)34-24(29(41)42)15-17-3-9-20(10-4-17)33-28(40)25-23(31)16-32-30(35-25)44-2/h3-4,9-14,16,18-19,24,36H,5-8,15H2,1-2H3,(H,33,40)(H,34,38)(H,37,39)(H,41,42)/t18-,19-,24-/m0/s1. The van der Waals surface area contributed by atoms with Gasteiger partial charge in [-0.25, -0.2) is 14.8 Å². The number of carbonyl (C=O) groups excluding carboxylic acids is 3. The van der Waals surface area contributed by atoms with Crippen molar-refractivity contribution in [1.82, 2.24) is 20.7 Å². The van der Waals surface area contributed by atoms with E-state index in [1.807, 2.05) is 0 Å². The molecule has 0 aliphatic heterocycles. The first kappa shape index (κ1) is 32.6. The van der Waals surface area contributed by atoms with Crippen LogP contribution in [0.3, 0.4) is 0 Å². The number of carbonyl (C=O) groups is 4. The molecule has 5 N–H and O–H groups in total. The maximum absolute atomic E-state index is 13.0. The van der Waals surface area contributed by atoms with Crippen LogP contribution in [-0.2, 0) is 20.8 Å². The number of hydrogen-bond donors (Lipinski definition) is 5. The third-order valence-electron chi connectivity index (χ3n) is 7.27. The van der Waals surface area contributed by atoms with Crippen LogP contribution in [0, 0.1) is 11.8 Å². The molecule has 14 heteroatoms. The van der Waals surface area contributed by atoms with Crippen molar-refractivity contribution < 1.29 is 29.0 Å². The number of nitrogens with one attached hydrogen (secondary N) is 4. The smallest absolute Gasteiger partial charge is 0.326 e. The molecule has 0 saturated heterocycles. The van der Waals surface area contributed by atoms with Gasteiger partial charge < -0.3 is 20.5 Å². The number of carboxylic acid groups (broad SMARTS) is 1. The molecule has 232 valence electrons. The lowest BCUT2D eigenvalue weighted by Crippen LogP contribution is -2.46. The van der Waals surface area contributed by atoms with E-state index in [0.717, 1.165) is 0 Å². The monoisotopic (exact) mass is 640 g/mol. The predicted molar refractivity (Wildman–Crippen MR) is 167 cm³/mol. The first-order valence-corrected chi connectivity index (χ1v) is 15.5. The number of methoxy groups -OCH3 is 1. The lowest BCUT2D eigenvalue weighted by Gasteiger charge is -2.28. The van der Waals surface area contributed by atoms with Gasteiger partial charge in [-0.05, 0) is 73.9 Å². The van der Waals surface area contributed by atoms with Crippen molar-refractivity contribution in [2.24, 2.45) is 11.8 Å². The highest BCUT2D eigenvalue weighted by molar-refractivity contribution is 7.98. The Kier molecular flexibility index (Phi) is 11.4. The van der Waals surface area contributed by atoms with Gasteiger partial charge >= 0.3 is 5.97 Å². The molecular weight excluding hydrogens is 608 g/mol. The van der Waals surface area contributed by atoms with E-state index in [1.54, 1.807) is 61.9 Å². The lowest BCUT2D eigenvalue weighted by atomic mass is 9.81. The summed E-state index contributed by atoms with van der Waals surface area (Å²) in [4.78, 5) is 58.4. The Morgan fingerprint density at radius 1 is 0.977 bits per heavy atom. The Hall–Kier alpha value is -4.36. The fourth-order valence-corrected chi connectivity index (χ4v) is 5.29. The Balaban J connectivity index is 1.25. The first-order chi connectivity index (χ1) is 21.2. The van der Waals surface area contributed by atoms with Crippen LogP contribution in [0.1, 0.15) is 41.7 Å². The van der Waals surface area contributed by atoms with Gasteiger partial charge in [0.15, 0.2) is 10.9 Å². The summed E-state index contributed by atoms with van der Waals surface area (Å²) in [6.07, 6.45) is 5.18. The topological polar surface area (TPSA) is 172 Å². The zero-order valence-corrected chi connectivity index (χ0v) is 25.7. The molecular formula is C30H33ClN6O6S. The molecule has 1 saturated carbocycles. The molecule has 1 aliphatic carbocycles. The normalized spacial score (nSPS) is 16.7. The van der Waals surface area contributed by atoms with E-state index >= 15 is 0 Å². The molecule has 1 fully saturated rings. The van der Waals surface area contributed by atoms with Gasteiger partial charge in [-0.2, -0.15) is 0 Å². The van der Waals surface area contributed by atoms with Crippen molar-refractivity contribution >= 4 is 58.4 Å². The molecule has 1 aromatic heterocycles. The van der Waals surface area contributed by atoms with Gasteiger partial charge in [-0.1, -0.05) is 35.5 Å². The van der Waals surface area contributed by atoms with E-state index in [-0.39, 0.29) is 40.8 Å². The maximum Gasteiger partial charge on any atom is 0.326 e. The number of benzene rings is 2. The fraction of sp³-hybridized carbons (Fsp3) is 0.333. The molecule has 1 aliphatic rings. The Labute approximate surface area is 263 Å². The maximum atomic E-state index is 13.0. The minimum atomic E-state index is -1.16. The second kappa shape index (κ2) is 15.4. The second-order valence-corrected chi connectivity index (χ2v) is 11.4. The Morgan fingerprint density at radius 3 is 2.18 bits per heavy atom. The van der Waals surface area contributed by atoms with E-state index in [2.05, 4.69) is 31.5 Å². The van der Waals surface area contributed by atoms with Crippen LogP contribution >= 0.6 is 23.4 Å². The summed E-state index contributed by atoms with van der Waals surface area (Å²) in [5.41, 5.74) is 7.48. The Bertz CT molecular complexity index is 1480. The third-order valence-corrected chi connectivity index (χ3v) is 8.11. The van der Waals surface area contributed by atoms with E-state index in [9.17, 15) is 24.3 Å². The van der Waals surface area contributed by atoms with Crippen molar-refractivity contribution in [2.45, 2.75) is 43.3 Å². The Morgan fingerprint density at radius 2 is 1.59 bits per heavy atom. The summed E-state index contributed by atoms with van der Waals surface area (Å²) in [6, 6.07) is 12.6. The number of anilines is 2. The van der Waals surface area contributed by atoms with Gasteiger partial charge in [-0.3, -0.25) is 25.2 Å². The van der Waals surface area contributed by atoms with Crippen LogP contribution in [0.15, 0.2) is 59.9 Å². The van der Waals surface area contributed by atoms with E-state index in [1.165, 1.54) is 18.0 Å². The molecule has 12 nitrogen and oxygen atoms in total. The highest BCUT2D eigenvalue weighted by Crippen LogP contribution is 2.29. The van der Waals surface area contributed by atoms with Crippen LogP contribution in [0.2, 0.25) is 5.02 Å². The number of thioether (sulfide) groups is 1. The molecule has 4 rings (SSSR count). The fourth-order valence-electron chi connectivity index (χ4n) is 4.78. The quantitative estimate of drug-likeness (QED) is 0.110. The average Bonchev–Trinajstić information content (AvgIpc) is 3.04. The van der Waals surface area contributed by atoms with Crippen molar-refractivity contribution in [3.05, 3.63) is 71.0 Å². The first-order valence-electron chi connectivity index (χ1n) is 13.9. The van der Waals surface area contributed by atoms with Gasteiger partial charge in [0, 0.05) is 23.9 Å². The molecule has 3 aromatic rings. The molecule has 44 heavy (non-hydrogen) atoms. The van der Waals surface area contributed by atoms with Gasteiger partial charge in [0.2, 0.25) is 11.8 Å². The molecule has 1 heterocycles. The predicted octanol–water partition coefficient (Wildman–Crippen LogP) is 4.17. The number of hydrogen-bond acceptors (Lipinski definition) is 9. The number of nitrogens with zero attached hydrogens (tertiary/aromatic N) is 2. The van der Waals surface area contributed by atoms with Crippen molar-refractivity contribution in [3.8, 4) is 5.75 Å². The van der Waals surface area contributed by atoms with Crippen LogP contribution in [0.5, 0.6) is 5.75 Å². The molecule has 0 unspecified atom stereocenters. The van der Waals surface area contributed by atoms with Crippen molar-refractivity contribution in [1.29, 1.82) is 0 Å². The van der Waals surface area contributed by atoms with E-state index < -0.39 is 17.9 Å². The summed E-state index contributed by atoms with van der Waals surface area (Å²) in [6.45, 7) is 0. The molecule has 0 bridgehead atoms. The third kappa shape index (κ3) is 8.83. The number of aliphatic carboxylic acids is 1. The number of aromatic nitrogens is 2. The van der Waals surface area contributed by atoms with Gasteiger partial charge in [0.25, 0.3) is 5.91 Å². The second-order valence-electron chi connectivity index (χ2n) is 10.2. The number of ether oxygens (including phenoxy) is 1. The van der Waals surface area contributed by atoms with Gasteiger partial charge in [-0.15, -0.1) is 0 Å². The minimum absolute atomic E-state index is 0.0450. The molecule has 0 spiro atoms. The largest absolute Gasteiger partial charge is 0.497 e. The lowest BCUT2D eigenvalue weighted by molar-refractivity contribution is -0.142. The van der Waals surface area contributed by atoms with Crippen LogP contribution in [-0.4, -0.2) is 58.2 Å². The minimum Gasteiger partial charge on any atom is -0.497 e. The molecule has 0 radical (unpaired) electrons. The molecule has 1 atom stereocenters. The van der Waals surface area contributed by atoms with Gasteiger partial charge in [0.1, 0.15) is 11.8 Å². The van der Waals surface area contributed by atoms with Crippen molar-refractivity contribution in [3.63, 3.8) is 0 Å². The van der Waals surface area contributed by atoms with Crippen LogP contribution in [0.25, 0.3) is 0 Å². The van der Waals surface area contributed by atoms with E-state index in [4.69, 9.17) is 16.3 Å². The zero-order valence-electron chi connectivity index (χ0n) is 24.1. The highest BCUT2D eigenvalue weighted by atomic mass is 35.5. The molecule has 2 aromatic carbocycles. The summed E-state index contributed by atoms with van der Waals surface area (Å²) >= 11 is 7.36. The summed E-state index contributed by atoms with van der Waals surface area (Å²) in [5.74, 6) is -2.09. The van der Waals surface area contributed by atoms with Crippen LogP contribution < -0.4 is 26.2 Å². The van der Waals surface area contributed by atoms with Gasteiger partial charge in [0.05, 0.1) is 24.0 Å². The number of hydrazine groups is 1. The molecule has 3 amide bonds. The highest BCUT2D eigenvalue weighted by Gasteiger charge is 2.32. The summed E-state index contributed by atoms with van der Waals surface area (Å²) in [7, 11) is 1.58. The van der Waals surface area contributed by atoms with E-state index in [0.29, 0.717) is 53.5 Å². The van der Waals surface area contributed by atoms with Crippen molar-refractivity contribution in [2.75, 3.05) is 24.1 Å². The van der Waals surface area contributed by atoms with Crippen LogP contribution in [0.4, 0.5) is 11.4 Å². The number of rotatable bonds is 12. The zero-order chi connectivity index (χ0) is 31.6. The summed E-state index contributed by atoms with van der Waals surface area (Å²) < 4.78 is 5.12. The SMILES string of the molecule is COc1ccc(NNC(=O)[C@H]2CC[C@H](C(=O)N[C@@H](Cc3ccc(NC(=O)c4nc(SC)ncc4Cl)cc3)C(=O)O)CC2)cc1. The average molecular weight is 641 g/mol. The number of carboxylic acids is 1. The number of halogens is 1. The summed E-state index contributed by atoms with van der Waals surface area (Å²) in [5, 5.41) is 15.7.